The van der Waals surface area contributed by atoms with E-state index in [0.717, 1.165) is 6.42 Å². The lowest BCUT2D eigenvalue weighted by Crippen LogP contribution is -2.29. The highest BCUT2D eigenvalue weighted by molar-refractivity contribution is 7.12. The van der Waals surface area contributed by atoms with E-state index in [0.29, 0.717) is 0 Å². The van der Waals surface area contributed by atoms with Crippen molar-refractivity contribution in [2.45, 2.75) is 40.2 Å². The number of hydrogen-bond donors (Lipinski definition) is 2. The van der Waals surface area contributed by atoms with E-state index in [9.17, 15) is 0 Å². The first-order chi connectivity index (χ1) is 9.02. The standard InChI is InChI=1S/C16H22N2S/c1-10-6-5-7-11(2)14(10)9-15(18-17)16-8-12(3)13(4)19-16/h5-8,15,18H,9,17H2,1-4H3. The highest BCUT2D eigenvalue weighted by atomic mass is 32.1. The molecule has 19 heavy (non-hydrogen) atoms. The highest BCUT2D eigenvalue weighted by Gasteiger charge is 2.16. The number of hydrogen-bond acceptors (Lipinski definition) is 3. The molecule has 2 rings (SSSR count). The van der Waals surface area contributed by atoms with Crippen molar-refractivity contribution >= 4 is 11.3 Å². The molecule has 0 spiro atoms. The average Bonchev–Trinajstić information content (AvgIpc) is 2.69. The van der Waals surface area contributed by atoms with Crippen molar-refractivity contribution in [3.8, 4) is 0 Å². The van der Waals surface area contributed by atoms with E-state index in [1.165, 1.54) is 32.0 Å². The summed E-state index contributed by atoms with van der Waals surface area (Å²) in [6.45, 7) is 8.65. The van der Waals surface area contributed by atoms with Gasteiger partial charge in [0, 0.05) is 9.75 Å². The molecule has 0 radical (unpaired) electrons. The van der Waals surface area contributed by atoms with Crippen molar-refractivity contribution in [2.75, 3.05) is 0 Å². The van der Waals surface area contributed by atoms with Gasteiger partial charge in [0.2, 0.25) is 0 Å². The first kappa shape index (κ1) is 14.3. The molecule has 0 bridgehead atoms. The van der Waals surface area contributed by atoms with Crippen LogP contribution in [0.3, 0.4) is 0 Å². The lowest BCUT2D eigenvalue weighted by atomic mass is 9.96. The molecule has 0 aliphatic heterocycles. The zero-order valence-electron chi connectivity index (χ0n) is 12.1. The van der Waals surface area contributed by atoms with Crippen LogP contribution in [-0.2, 0) is 6.42 Å². The molecule has 2 nitrogen and oxygen atoms in total. The predicted octanol–water partition coefficient (Wildman–Crippen LogP) is 3.73. The van der Waals surface area contributed by atoms with Gasteiger partial charge in [0.15, 0.2) is 0 Å². The molecular formula is C16H22N2S. The lowest BCUT2D eigenvalue weighted by molar-refractivity contribution is 0.558. The Labute approximate surface area is 119 Å². The minimum Gasteiger partial charge on any atom is -0.271 e. The molecule has 0 saturated carbocycles. The molecule has 0 fully saturated rings. The molecule has 0 aliphatic carbocycles. The number of thiophene rings is 1. The van der Waals surface area contributed by atoms with Crippen LogP contribution < -0.4 is 11.3 Å². The maximum Gasteiger partial charge on any atom is 0.0593 e. The summed E-state index contributed by atoms with van der Waals surface area (Å²) in [4.78, 5) is 2.69. The molecule has 1 aromatic carbocycles. The number of aryl methyl sites for hydroxylation is 4. The quantitative estimate of drug-likeness (QED) is 0.658. The van der Waals surface area contributed by atoms with Crippen LogP contribution in [0.1, 0.15) is 38.0 Å². The Hall–Kier alpha value is -1.16. The smallest absolute Gasteiger partial charge is 0.0593 e. The number of nitrogens with one attached hydrogen (secondary N) is 1. The summed E-state index contributed by atoms with van der Waals surface area (Å²) < 4.78 is 0. The van der Waals surface area contributed by atoms with Crippen LogP contribution in [0, 0.1) is 27.7 Å². The van der Waals surface area contributed by atoms with Crippen LogP contribution in [0.4, 0.5) is 0 Å². The minimum atomic E-state index is 0.192. The van der Waals surface area contributed by atoms with E-state index in [4.69, 9.17) is 5.84 Å². The second kappa shape index (κ2) is 5.87. The van der Waals surface area contributed by atoms with Crippen molar-refractivity contribution in [2.24, 2.45) is 5.84 Å². The number of benzene rings is 1. The molecule has 102 valence electrons. The van der Waals surface area contributed by atoms with Gasteiger partial charge in [-0.1, -0.05) is 18.2 Å². The third kappa shape index (κ3) is 3.06. The van der Waals surface area contributed by atoms with E-state index in [1.807, 2.05) is 11.3 Å². The van der Waals surface area contributed by atoms with Crippen LogP contribution in [0.2, 0.25) is 0 Å². The van der Waals surface area contributed by atoms with Crippen LogP contribution in [0.5, 0.6) is 0 Å². The maximum atomic E-state index is 5.77. The predicted molar refractivity (Wildman–Crippen MR) is 83.5 cm³/mol. The van der Waals surface area contributed by atoms with E-state index in [1.54, 1.807) is 0 Å². The zero-order valence-corrected chi connectivity index (χ0v) is 12.9. The maximum absolute atomic E-state index is 5.77. The van der Waals surface area contributed by atoms with Gasteiger partial charge >= 0.3 is 0 Å². The second-order valence-electron chi connectivity index (χ2n) is 5.18. The van der Waals surface area contributed by atoms with Gasteiger partial charge < -0.3 is 0 Å². The average molecular weight is 274 g/mol. The molecule has 3 heteroatoms. The van der Waals surface area contributed by atoms with E-state index < -0.39 is 0 Å². The molecule has 3 N–H and O–H groups in total. The minimum absolute atomic E-state index is 0.192. The fourth-order valence-electron chi connectivity index (χ4n) is 2.39. The van der Waals surface area contributed by atoms with E-state index in [2.05, 4.69) is 57.4 Å². The van der Waals surface area contributed by atoms with Crippen molar-refractivity contribution in [1.82, 2.24) is 5.43 Å². The van der Waals surface area contributed by atoms with Crippen LogP contribution >= 0.6 is 11.3 Å². The van der Waals surface area contributed by atoms with Gasteiger partial charge in [-0.05, 0) is 62.4 Å². The first-order valence-corrected chi connectivity index (χ1v) is 7.42. The van der Waals surface area contributed by atoms with Crippen LogP contribution in [0.15, 0.2) is 24.3 Å². The fourth-order valence-corrected chi connectivity index (χ4v) is 3.49. The Kier molecular flexibility index (Phi) is 4.40. The Balaban J connectivity index is 2.29. The summed E-state index contributed by atoms with van der Waals surface area (Å²) in [6, 6.07) is 8.88. The fraction of sp³-hybridized carbons (Fsp3) is 0.375. The molecule has 2 aromatic rings. The molecule has 1 atom stereocenters. The third-order valence-electron chi connectivity index (χ3n) is 3.78. The van der Waals surface area contributed by atoms with Crippen molar-refractivity contribution < 1.29 is 0 Å². The second-order valence-corrected chi connectivity index (χ2v) is 6.47. The van der Waals surface area contributed by atoms with Gasteiger partial charge in [0.25, 0.3) is 0 Å². The summed E-state index contributed by atoms with van der Waals surface area (Å²) in [5, 5.41) is 0. The summed E-state index contributed by atoms with van der Waals surface area (Å²) in [7, 11) is 0. The molecule has 1 aromatic heterocycles. The molecule has 1 heterocycles. The van der Waals surface area contributed by atoms with Gasteiger partial charge in [-0.15, -0.1) is 11.3 Å². The Bertz CT molecular complexity index is 532. The van der Waals surface area contributed by atoms with Crippen molar-refractivity contribution in [3.05, 3.63) is 56.3 Å². The molecular weight excluding hydrogens is 252 g/mol. The molecule has 1 unspecified atom stereocenters. The monoisotopic (exact) mass is 274 g/mol. The molecule has 0 saturated heterocycles. The van der Waals surface area contributed by atoms with Gasteiger partial charge in [-0.25, -0.2) is 0 Å². The van der Waals surface area contributed by atoms with Gasteiger partial charge in [0.05, 0.1) is 6.04 Å². The summed E-state index contributed by atoms with van der Waals surface area (Å²) in [6.07, 6.45) is 0.939. The topological polar surface area (TPSA) is 38.0 Å². The third-order valence-corrected chi connectivity index (χ3v) is 5.05. The molecule has 0 amide bonds. The largest absolute Gasteiger partial charge is 0.271 e. The Morgan fingerprint density at radius 1 is 1.11 bits per heavy atom. The molecule has 0 aliphatic rings. The van der Waals surface area contributed by atoms with E-state index in [-0.39, 0.29) is 6.04 Å². The first-order valence-electron chi connectivity index (χ1n) is 6.61. The summed E-state index contributed by atoms with van der Waals surface area (Å²) in [5.41, 5.74) is 8.39. The normalized spacial score (nSPS) is 12.7. The van der Waals surface area contributed by atoms with E-state index >= 15 is 0 Å². The number of nitrogens with two attached hydrogens (primary N) is 1. The van der Waals surface area contributed by atoms with Gasteiger partial charge in [-0.3, -0.25) is 11.3 Å². The lowest BCUT2D eigenvalue weighted by Gasteiger charge is -2.17. The Morgan fingerprint density at radius 2 is 1.74 bits per heavy atom. The van der Waals surface area contributed by atoms with Crippen LogP contribution in [0.25, 0.3) is 0 Å². The van der Waals surface area contributed by atoms with Crippen LogP contribution in [-0.4, -0.2) is 0 Å². The van der Waals surface area contributed by atoms with Crippen molar-refractivity contribution in [3.63, 3.8) is 0 Å². The highest BCUT2D eigenvalue weighted by Crippen LogP contribution is 2.29. The van der Waals surface area contributed by atoms with Crippen molar-refractivity contribution in [1.29, 1.82) is 0 Å². The zero-order chi connectivity index (χ0) is 14.0. The summed E-state index contributed by atoms with van der Waals surface area (Å²) >= 11 is 1.84. The number of hydrazine groups is 1. The van der Waals surface area contributed by atoms with Gasteiger partial charge in [0.1, 0.15) is 0 Å². The Morgan fingerprint density at radius 3 is 2.21 bits per heavy atom. The van der Waals surface area contributed by atoms with Gasteiger partial charge in [-0.2, -0.15) is 0 Å². The summed E-state index contributed by atoms with van der Waals surface area (Å²) in [5.74, 6) is 5.77. The number of rotatable bonds is 4. The SMILES string of the molecule is Cc1cc(C(Cc2c(C)cccc2C)NN)sc1C.